The highest BCUT2D eigenvalue weighted by Gasteiger charge is 2.06. The Morgan fingerprint density at radius 3 is 2.72 bits per heavy atom. The van der Waals surface area contributed by atoms with E-state index in [2.05, 4.69) is 11.9 Å². The van der Waals surface area contributed by atoms with Crippen LogP contribution in [0.15, 0.2) is 41.3 Å². The Bertz CT molecular complexity index is 573. The van der Waals surface area contributed by atoms with Crippen molar-refractivity contribution in [3.8, 4) is 5.82 Å². The average molecular weight is 244 g/mol. The van der Waals surface area contributed by atoms with Gasteiger partial charge in [0.1, 0.15) is 5.82 Å². The van der Waals surface area contributed by atoms with Gasteiger partial charge in [0, 0.05) is 18.0 Å². The molecular weight excluding hydrogens is 228 g/mol. The van der Waals surface area contributed by atoms with Crippen LogP contribution < -0.4 is 5.56 Å². The molecule has 0 saturated carbocycles. The van der Waals surface area contributed by atoms with Gasteiger partial charge in [0.2, 0.25) is 0 Å². The van der Waals surface area contributed by atoms with Crippen LogP contribution in [0, 0.1) is 0 Å². The minimum Gasteiger partial charge on any atom is -0.392 e. The van der Waals surface area contributed by atoms with Gasteiger partial charge in [-0.05, 0) is 24.1 Å². The molecule has 0 unspecified atom stereocenters. The Morgan fingerprint density at radius 2 is 2.11 bits per heavy atom. The van der Waals surface area contributed by atoms with Crippen LogP contribution in [-0.2, 0) is 13.0 Å². The Morgan fingerprint density at radius 1 is 1.28 bits per heavy atom. The first-order valence-corrected chi connectivity index (χ1v) is 6.03. The fraction of sp³-hybridized carbons (Fsp3) is 0.286. The summed E-state index contributed by atoms with van der Waals surface area (Å²) in [5, 5.41) is 8.98. The largest absolute Gasteiger partial charge is 0.392 e. The van der Waals surface area contributed by atoms with E-state index in [0.717, 1.165) is 24.1 Å². The predicted octanol–water partition coefficient (Wildman–Crippen LogP) is 1.68. The number of aliphatic hydroxyl groups is 1. The average Bonchev–Trinajstić information content (AvgIpc) is 2.40. The molecule has 18 heavy (non-hydrogen) atoms. The van der Waals surface area contributed by atoms with Gasteiger partial charge in [-0.25, -0.2) is 4.98 Å². The van der Waals surface area contributed by atoms with Crippen LogP contribution in [0.25, 0.3) is 5.82 Å². The van der Waals surface area contributed by atoms with Gasteiger partial charge in [0.25, 0.3) is 5.56 Å². The molecule has 0 atom stereocenters. The van der Waals surface area contributed by atoms with Gasteiger partial charge >= 0.3 is 0 Å². The number of aryl methyl sites for hydroxylation is 1. The van der Waals surface area contributed by atoms with Gasteiger partial charge in [-0.3, -0.25) is 9.36 Å². The highest BCUT2D eigenvalue weighted by molar-refractivity contribution is 5.29. The molecule has 2 heterocycles. The molecule has 2 aromatic rings. The third-order valence-corrected chi connectivity index (χ3v) is 2.76. The lowest BCUT2D eigenvalue weighted by molar-refractivity contribution is 0.281. The number of hydrogen-bond acceptors (Lipinski definition) is 3. The molecule has 0 aromatic carbocycles. The minimum atomic E-state index is -0.0785. The highest BCUT2D eigenvalue weighted by atomic mass is 16.3. The molecule has 0 aliphatic heterocycles. The Hall–Kier alpha value is -1.94. The van der Waals surface area contributed by atoms with Crippen LogP contribution in [-0.4, -0.2) is 14.7 Å². The van der Waals surface area contributed by atoms with Gasteiger partial charge in [-0.1, -0.05) is 25.5 Å². The van der Waals surface area contributed by atoms with Crippen molar-refractivity contribution in [3.05, 3.63) is 58.1 Å². The first-order valence-electron chi connectivity index (χ1n) is 6.03. The van der Waals surface area contributed by atoms with Crippen molar-refractivity contribution >= 4 is 0 Å². The summed E-state index contributed by atoms with van der Waals surface area (Å²) in [6.45, 7) is 2.03. The van der Waals surface area contributed by atoms with E-state index < -0.39 is 0 Å². The van der Waals surface area contributed by atoms with Crippen molar-refractivity contribution < 1.29 is 5.11 Å². The van der Waals surface area contributed by atoms with Crippen molar-refractivity contribution in [3.63, 3.8) is 0 Å². The molecule has 0 amide bonds. The van der Waals surface area contributed by atoms with Gasteiger partial charge in [-0.2, -0.15) is 0 Å². The van der Waals surface area contributed by atoms with E-state index in [1.165, 1.54) is 6.07 Å². The summed E-state index contributed by atoms with van der Waals surface area (Å²) in [7, 11) is 0. The molecule has 94 valence electrons. The lowest BCUT2D eigenvalue weighted by Gasteiger charge is -2.11. The molecule has 2 rings (SSSR count). The van der Waals surface area contributed by atoms with Crippen molar-refractivity contribution in [2.45, 2.75) is 26.4 Å². The van der Waals surface area contributed by atoms with Crippen molar-refractivity contribution in [2.24, 2.45) is 0 Å². The molecule has 0 fully saturated rings. The predicted molar refractivity (Wildman–Crippen MR) is 69.8 cm³/mol. The molecule has 0 radical (unpaired) electrons. The number of pyridine rings is 2. The second kappa shape index (κ2) is 5.60. The molecule has 4 heteroatoms. The highest BCUT2D eigenvalue weighted by Crippen LogP contribution is 2.09. The van der Waals surface area contributed by atoms with Crippen molar-refractivity contribution in [1.29, 1.82) is 0 Å². The fourth-order valence-corrected chi connectivity index (χ4v) is 1.89. The summed E-state index contributed by atoms with van der Waals surface area (Å²) in [5.41, 5.74) is 1.61. The fourth-order valence-electron chi connectivity index (χ4n) is 1.89. The third kappa shape index (κ3) is 2.49. The first kappa shape index (κ1) is 12.5. The topological polar surface area (TPSA) is 55.1 Å². The van der Waals surface area contributed by atoms with Crippen LogP contribution in [0.4, 0.5) is 0 Å². The van der Waals surface area contributed by atoms with Crippen LogP contribution in [0.1, 0.15) is 24.6 Å². The van der Waals surface area contributed by atoms with Gasteiger partial charge in [-0.15, -0.1) is 0 Å². The molecule has 2 aromatic heterocycles. The third-order valence-electron chi connectivity index (χ3n) is 2.76. The lowest BCUT2D eigenvalue weighted by atomic mass is 10.2. The van der Waals surface area contributed by atoms with Crippen molar-refractivity contribution in [1.82, 2.24) is 9.55 Å². The van der Waals surface area contributed by atoms with E-state index in [9.17, 15) is 4.79 Å². The Labute approximate surface area is 106 Å². The van der Waals surface area contributed by atoms with Gasteiger partial charge in [0.15, 0.2) is 0 Å². The molecule has 0 spiro atoms. The zero-order valence-electron chi connectivity index (χ0n) is 10.3. The molecule has 0 saturated heterocycles. The number of aromatic nitrogens is 2. The summed E-state index contributed by atoms with van der Waals surface area (Å²) >= 11 is 0. The zero-order valence-corrected chi connectivity index (χ0v) is 10.3. The second-order valence-electron chi connectivity index (χ2n) is 4.12. The van der Waals surface area contributed by atoms with Gasteiger partial charge < -0.3 is 5.11 Å². The van der Waals surface area contributed by atoms with E-state index in [4.69, 9.17) is 5.11 Å². The summed E-state index contributed by atoms with van der Waals surface area (Å²) < 4.78 is 1.62. The van der Waals surface area contributed by atoms with E-state index in [-0.39, 0.29) is 12.2 Å². The number of rotatable bonds is 4. The number of nitrogens with zero attached hydrogens (tertiary/aromatic N) is 2. The van der Waals surface area contributed by atoms with E-state index in [1.54, 1.807) is 29.0 Å². The van der Waals surface area contributed by atoms with E-state index in [1.807, 2.05) is 6.07 Å². The number of aliphatic hydroxyl groups excluding tert-OH is 1. The van der Waals surface area contributed by atoms with E-state index in [0.29, 0.717) is 5.82 Å². The van der Waals surface area contributed by atoms with Crippen LogP contribution >= 0.6 is 0 Å². The maximum absolute atomic E-state index is 11.9. The molecule has 0 bridgehead atoms. The summed E-state index contributed by atoms with van der Waals surface area (Å²) in [4.78, 5) is 16.2. The normalized spacial score (nSPS) is 10.6. The zero-order chi connectivity index (χ0) is 13.0. The Balaban J connectivity index is 2.51. The molecule has 1 N–H and O–H groups in total. The first-order chi connectivity index (χ1) is 8.76. The quantitative estimate of drug-likeness (QED) is 0.890. The standard InChI is InChI=1S/C14H16N2O2/c1-2-4-12-5-3-6-14(18)16(12)13-8-7-11(10-17)9-15-13/h3,5-9,17H,2,4,10H2,1H3. The van der Waals surface area contributed by atoms with Crippen LogP contribution in [0.5, 0.6) is 0 Å². The smallest absolute Gasteiger partial charge is 0.256 e. The maximum atomic E-state index is 11.9. The van der Waals surface area contributed by atoms with Crippen LogP contribution in [0.3, 0.4) is 0 Å². The maximum Gasteiger partial charge on any atom is 0.256 e. The second-order valence-corrected chi connectivity index (χ2v) is 4.12. The SMILES string of the molecule is CCCc1cccc(=O)n1-c1ccc(CO)cn1. The van der Waals surface area contributed by atoms with Crippen LogP contribution in [0.2, 0.25) is 0 Å². The molecule has 0 aliphatic carbocycles. The van der Waals surface area contributed by atoms with Crippen molar-refractivity contribution in [2.75, 3.05) is 0 Å². The molecule has 4 nitrogen and oxygen atoms in total. The lowest BCUT2D eigenvalue weighted by Crippen LogP contribution is -2.21. The minimum absolute atomic E-state index is 0.0429. The molecule has 0 aliphatic rings. The monoisotopic (exact) mass is 244 g/mol. The molecular formula is C14H16N2O2. The summed E-state index contributed by atoms with van der Waals surface area (Å²) in [6, 6.07) is 8.77. The van der Waals surface area contributed by atoms with E-state index >= 15 is 0 Å². The summed E-state index contributed by atoms with van der Waals surface area (Å²) in [6.07, 6.45) is 3.39. The Kier molecular flexibility index (Phi) is 3.89. The van der Waals surface area contributed by atoms with Gasteiger partial charge in [0.05, 0.1) is 6.61 Å². The number of hydrogen-bond donors (Lipinski definition) is 1. The summed E-state index contributed by atoms with van der Waals surface area (Å²) in [5.74, 6) is 0.598.